The van der Waals surface area contributed by atoms with E-state index in [2.05, 4.69) is 10.3 Å². The highest BCUT2D eigenvalue weighted by atomic mass is 19.1. The molecule has 0 aliphatic carbocycles. The fourth-order valence-corrected chi connectivity index (χ4v) is 3.87. The Balaban J connectivity index is 0.000000317. The van der Waals surface area contributed by atoms with Crippen LogP contribution in [-0.2, 0) is 9.53 Å². The largest absolute Gasteiger partial charge is 0.442 e. The third-order valence-corrected chi connectivity index (χ3v) is 5.56. The van der Waals surface area contributed by atoms with E-state index in [-0.39, 0.29) is 35.9 Å². The Bertz CT molecular complexity index is 1440. The topological polar surface area (TPSA) is 97.5 Å². The predicted molar refractivity (Wildman–Crippen MR) is 134 cm³/mol. The molecule has 0 saturated carbocycles. The number of carbonyl (C=O) groups is 2. The summed E-state index contributed by atoms with van der Waals surface area (Å²) in [5, 5.41) is 3.31. The molecule has 1 aliphatic heterocycles. The van der Waals surface area contributed by atoms with Gasteiger partial charge in [-0.25, -0.2) is 22.4 Å². The lowest BCUT2D eigenvalue weighted by molar-refractivity contribution is -0.119. The molecule has 11 heteroatoms. The molecule has 0 radical (unpaired) electrons. The molecule has 1 aliphatic rings. The van der Waals surface area contributed by atoms with E-state index in [0.717, 1.165) is 46.1 Å². The number of fused-ring (bicyclic) bond motifs is 1. The highest BCUT2D eigenvalue weighted by Gasteiger charge is 2.33. The molecule has 3 aromatic carbocycles. The molecule has 196 valence electrons. The number of anilines is 2. The van der Waals surface area contributed by atoms with Crippen molar-refractivity contribution in [2.75, 3.05) is 23.7 Å². The van der Waals surface area contributed by atoms with Gasteiger partial charge in [0.1, 0.15) is 29.4 Å². The maximum absolute atomic E-state index is 14.8. The highest BCUT2D eigenvalue weighted by Crippen LogP contribution is 2.32. The van der Waals surface area contributed by atoms with Crippen LogP contribution in [0.15, 0.2) is 66.9 Å². The van der Waals surface area contributed by atoms with Crippen molar-refractivity contribution in [1.82, 2.24) is 10.3 Å². The Labute approximate surface area is 214 Å². The number of cyclic esters (lactones) is 1. The number of para-hydroxylation sites is 1. The van der Waals surface area contributed by atoms with Crippen LogP contribution in [0, 0.1) is 23.3 Å². The predicted octanol–water partition coefficient (Wildman–Crippen LogP) is 5.19. The first-order valence-electron chi connectivity index (χ1n) is 11.4. The van der Waals surface area contributed by atoms with Crippen molar-refractivity contribution >= 4 is 34.3 Å². The van der Waals surface area contributed by atoms with Crippen LogP contribution >= 0.6 is 0 Å². The second-order valence-electron chi connectivity index (χ2n) is 8.46. The molecule has 0 spiro atoms. The molecule has 4 aromatic rings. The number of ether oxygens (including phenoxy) is 1. The Morgan fingerprint density at radius 3 is 2.34 bits per heavy atom. The first-order chi connectivity index (χ1) is 18.1. The molecular formula is C27H22F4N4O3. The van der Waals surface area contributed by atoms with Gasteiger partial charge < -0.3 is 15.8 Å². The molecule has 1 unspecified atom stereocenters. The van der Waals surface area contributed by atoms with Crippen LogP contribution in [0.4, 0.5) is 33.7 Å². The summed E-state index contributed by atoms with van der Waals surface area (Å²) in [7, 11) is 0. The van der Waals surface area contributed by atoms with Crippen molar-refractivity contribution < 1.29 is 31.9 Å². The van der Waals surface area contributed by atoms with Gasteiger partial charge in [-0.3, -0.25) is 14.7 Å². The minimum absolute atomic E-state index is 0.0489. The monoisotopic (exact) mass is 526 g/mol. The van der Waals surface area contributed by atoms with Gasteiger partial charge in [-0.2, -0.15) is 0 Å². The van der Waals surface area contributed by atoms with E-state index in [4.69, 9.17) is 10.5 Å². The summed E-state index contributed by atoms with van der Waals surface area (Å²) in [5.41, 5.74) is 6.04. The van der Waals surface area contributed by atoms with Crippen LogP contribution in [0.1, 0.15) is 6.92 Å². The maximum Gasteiger partial charge on any atom is 0.414 e. The van der Waals surface area contributed by atoms with Crippen LogP contribution < -0.4 is 16.0 Å². The number of hydrogen-bond acceptors (Lipinski definition) is 5. The van der Waals surface area contributed by atoms with E-state index >= 15 is 0 Å². The average Bonchev–Trinajstić information content (AvgIpc) is 3.22. The zero-order chi connectivity index (χ0) is 27.4. The second-order valence-corrected chi connectivity index (χ2v) is 8.46. The first-order valence-corrected chi connectivity index (χ1v) is 11.4. The molecule has 2 amide bonds. The molecule has 7 nitrogen and oxygen atoms in total. The molecule has 3 N–H and O–H groups in total. The number of amides is 2. The average molecular weight is 526 g/mol. The van der Waals surface area contributed by atoms with E-state index in [1.54, 1.807) is 6.07 Å². The van der Waals surface area contributed by atoms with Crippen molar-refractivity contribution in [2.24, 2.45) is 0 Å². The molecule has 1 aromatic heterocycles. The fourth-order valence-electron chi connectivity index (χ4n) is 3.87. The lowest BCUT2D eigenvalue weighted by atomic mass is 10.0. The number of carbonyl (C=O) groups excluding carboxylic acids is 2. The molecular weight excluding hydrogens is 504 g/mol. The minimum Gasteiger partial charge on any atom is -0.442 e. The third-order valence-electron chi connectivity index (χ3n) is 5.56. The Morgan fingerprint density at radius 1 is 1.05 bits per heavy atom. The molecule has 38 heavy (non-hydrogen) atoms. The van der Waals surface area contributed by atoms with Gasteiger partial charge >= 0.3 is 6.09 Å². The number of rotatable bonds is 4. The van der Waals surface area contributed by atoms with Crippen LogP contribution in [0.25, 0.3) is 22.0 Å². The molecule has 1 saturated heterocycles. The summed E-state index contributed by atoms with van der Waals surface area (Å²) in [6.07, 6.45) is 0.0954. The van der Waals surface area contributed by atoms with Crippen LogP contribution in [0.5, 0.6) is 0 Å². The number of benzene rings is 3. The molecule has 0 bridgehead atoms. The minimum atomic E-state index is -0.810. The number of halogens is 4. The number of nitrogens with one attached hydrogen (secondary N) is 1. The SMILES string of the molecule is CC(=O)NCC1CN(c2cc(F)c(-c3cnc4ccccc4c3)c(F)c2)C(=O)O1.Nc1cc(F)cc(F)c1. The normalized spacial score (nSPS) is 14.6. The van der Waals surface area contributed by atoms with Crippen molar-refractivity contribution in [3.8, 4) is 11.1 Å². The van der Waals surface area contributed by atoms with Gasteiger partial charge in [-0.05, 0) is 36.4 Å². The van der Waals surface area contributed by atoms with E-state index in [9.17, 15) is 27.2 Å². The first kappa shape index (κ1) is 26.4. The van der Waals surface area contributed by atoms with Crippen molar-refractivity contribution in [1.29, 1.82) is 0 Å². The summed E-state index contributed by atoms with van der Waals surface area (Å²) >= 11 is 0. The smallest absolute Gasteiger partial charge is 0.414 e. The van der Waals surface area contributed by atoms with Crippen LogP contribution in [0.2, 0.25) is 0 Å². The van der Waals surface area contributed by atoms with Gasteiger partial charge in [0.05, 0.1) is 29.9 Å². The molecule has 5 rings (SSSR count). The zero-order valence-corrected chi connectivity index (χ0v) is 20.1. The van der Waals surface area contributed by atoms with E-state index in [1.807, 2.05) is 24.3 Å². The Kier molecular flexibility index (Phi) is 7.75. The van der Waals surface area contributed by atoms with E-state index in [1.165, 1.54) is 13.1 Å². The number of nitrogens with two attached hydrogens (primary N) is 1. The number of hydrogen-bond donors (Lipinski definition) is 2. The van der Waals surface area contributed by atoms with Gasteiger partial charge in [0.25, 0.3) is 0 Å². The standard InChI is InChI=1S/C21H17F2N3O3.C6H5F2N/c1-12(27)24-10-16-11-26(21(28)29-16)15-7-17(22)20(18(23)8-15)14-6-13-4-2-3-5-19(13)25-9-14;7-4-1-5(8)3-6(9)2-4/h2-9,16H,10-11H2,1H3,(H,24,27);1-3H,9H2. The van der Waals surface area contributed by atoms with Gasteiger partial charge in [0.2, 0.25) is 5.91 Å². The summed E-state index contributed by atoms with van der Waals surface area (Å²) in [6.45, 7) is 1.55. The lowest BCUT2D eigenvalue weighted by Crippen LogP contribution is -2.33. The van der Waals surface area contributed by atoms with E-state index < -0.39 is 35.5 Å². The summed E-state index contributed by atoms with van der Waals surface area (Å²) in [4.78, 5) is 28.5. The van der Waals surface area contributed by atoms with Gasteiger partial charge in [0, 0.05) is 35.8 Å². The lowest BCUT2D eigenvalue weighted by Gasteiger charge is -2.15. The number of nitrogens with zero attached hydrogens (tertiary/aromatic N) is 2. The van der Waals surface area contributed by atoms with Crippen molar-refractivity contribution in [2.45, 2.75) is 13.0 Å². The van der Waals surface area contributed by atoms with Gasteiger partial charge in [0.15, 0.2) is 0 Å². The summed E-state index contributed by atoms with van der Waals surface area (Å²) < 4.78 is 59.0. The van der Waals surface area contributed by atoms with Crippen molar-refractivity contribution in [3.05, 3.63) is 90.1 Å². The van der Waals surface area contributed by atoms with Gasteiger partial charge in [-0.15, -0.1) is 0 Å². The van der Waals surface area contributed by atoms with E-state index in [0.29, 0.717) is 5.56 Å². The number of nitrogen functional groups attached to an aromatic ring is 1. The van der Waals surface area contributed by atoms with Crippen LogP contribution in [0.3, 0.4) is 0 Å². The molecule has 1 atom stereocenters. The summed E-state index contributed by atoms with van der Waals surface area (Å²) in [5.74, 6) is -3.17. The van der Waals surface area contributed by atoms with Gasteiger partial charge in [-0.1, -0.05) is 18.2 Å². The zero-order valence-electron chi connectivity index (χ0n) is 20.1. The Morgan fingerprint density at radius 2 is 1.71 bits per heavy atom. The molecule has 2 heterocycles. The number of pyridine rings is 1. The van der Waals surface area contributed by atoms with Crippen LogP contribution in [-0.4, -0.2) is 36.2 Å². The highest BCUT2D eigenvalue weighted by molar-refractivity contribution is 5.91. The Hall–Kier alpha value is -4.67. The second kappa shape index (κ2) is 11.2. The fraction of sp³-hybridized carbons (Fsp3) is 0.148. The number of aromatic nitrogens is 1. The molecule has 1 fully saturated rings. The maximum atomic E-state index is 14.8. The summed E-state index contributed by atoms with van der Waals surface area (Å²) in [6, 6.07) is 14.0. The third kappa shape index (κ3) is 6.17. The quantitative estimate of drug-likeness (QED) is 0.282. The van der Waals surface area contributed by atoms with Crippen molar-refractivity contribution in [3.63, 3.8) is 0 Å².